The molecule has 5 heteroatoms. The highest BCUT2D eigenvalue weighted by Gasteiger charge is 2.35. The molecule has 0 radical (unpaired) electrons. The summed E-state index contributed by atoms with van der Waals surface area (Å²) in [6.07, 6.45) is 3.61. The molecule has 0 saturated carbocycles. The predicted molar refractivity (Wildman–Crippen MR) is 108 cm³/mol. The van der Waals surface area contributed by atoms with E-state index in [9.17, 15) is 9.59 Å². The number of carbonyl (C=O) groups is 2. The molecule has 1 unspecified atom stereocenters. The second-order valence-electron chi connectivity index (χ2n) is 6.43. The molecular formula is C21H24N2O2S. The molecule has 3 rings (SSSR count). The molecule has 1 N–H and O–H groups in total. The zero-order valence-corrected chi connectivity index (χ0v) is 16.0. The van der Waals surface area contributed by atoms with E-state index in [0.717, 1.165) is 23.4 Å². The molecule has 0 bridgehead atoms. The number of carbonyl (C=O) groups excluding carboxylic acids is 2. The summed E-state index contributed by atoms with van der Waals surface area (Å²) in [6.45, 7) is 2.60. The van der Waals surface area contributed by atoms with E-state index in [2.05, 4.69) is 12.2 Å². The van der Waals surface area contributed by atoms with Crippen molar-refractivity contribution in [1.82, 2.24) is 4.90 Å². The summed E-state index contributed by atoms with van der Waals surface area (Å²) in [5.74, 6) is 0.653. The third kappa shape index (κ3) is 3.93. The van der Waals surface area contributed by atoms with Crippen molar-refractivity contribution in [1.29, 1.82) is 0 Å². The Bertz CT molecular complexity index is 789. The van der Waals surface area contributed by atoms with Gasteiger partial charge >= 0.3 is 0 Å². The average Bonchev–Trinajstić information content (AvgIpc) is 3.00. The van der Waals surface area contributed by atoms with Crippen LogP contribution in [0.4, 0.5) is 5.69 Å². The maximum absolute atomic E-state index is 12.9. The predicted octanol–water partition coefficient (Wildman–Crippen LogP) is 3.97. The molecule has 1 aliphatic rings. The summed E-state index contributed by atoms with van der Waals surface area (Å²) in [7, 11) is 0. The third-order valence-corrected chi connectivity index (χ3v) is 5.40. The van der Waals surface area contributed by atoms with Gasteiger partial charge in [-0.2, -0.15) is 11.8 Å². The lowest BCUT2D eigenvalue weighted by molar-refractivity contribution is -0.120. The van der Waals surface area contributed by atoms with Crippen molar-refractivity contribution in [2.24, 2.45) is 0 Å². The van der Waals surface area contributed by atoms with Gasteiger partial charge in [-0.15, -0.1) is 0 Å². The highest BCUT2D eigenvalue weighted by atomic mass is 32.2. The van der Waals surface area contributed by atoms with E-state index in [-0.39, 0.29) is 11.8 Å². The number of rotatable bonds is 7. The summed E-state index contributed by atoms with van der Waals surface area (Å²) < 4.78 is 0. The maximum Gasteiger partial charge on any atom is 0.255 e. The minimum atomic E-state index is -0.465. The fourth-order valence-corrected chi connectivity index (χ4v) is 3.69. The second kappa shape index (κ2) is 8.41. The lowest BCUT2D eigenvalue weighted by Gasteiger charge is -2.27. The maximum atomic E-state index is 12.9. The summed E-state index contributed by atoms with van der Waals surface area (Å²) >= 11 is 1.68. The van der Waals surface area contributed by atoms with Crippen molar-refractivity contribution in [2.45, 2.75) is 32.4 Å². The van der Waals surface area contributed by atoms with Crippen molar-refractivity contribution in [3.05, 3.63) is 65.2 Å². The van der Waals surface area contributed by atoms with E-state index in [4.69, 9.17) is 0 Å². The molecule has 0 aromatic heterocycles. The zero-order valence-electron chi connectivity index (χ0n) is 15.2. The van der Waals surface area contributed by atoms with Crippen LogP contribution < -0.4 is 5.32 Å². The largest absolute Gasteiger partial charge is 0.324 e. The van der Waals surface area contributed by atoms with Crippen LogP contribution in [0.15, 0.2) is 48.5 Å². The van der Waals surface area contributed by atoms with Crippen molar-refractivity contribution in [3.63, 3.8) is 0 Å². The lowest BCUT2D eigenvalue weighted by atomic mass is 10.1. The molecule has 0 fully saturated rings. The van der Waals surface area contributed by atoms with Gasteiger partial charge in [-0.3, -0.25) is 9.59 Å². The van der Waals surface area contributed by atoms with Gasteiger partial charge in [-0.25, -0.2) is 0 Å². The van der Waals surface area contributed by atoms with E-state index in [0.29, 0.717) is 18.5 Å². The summed E-state index contributed by atoms with van der Waals surface area (Å²) in [4.78, 5) is 27.4. The Balaban J connectivity index is 1.77. The molecule has 4 nitrogen and oxygen atoms in total. The monoisotopic (exact) mass is 368 g/mol. The van der Waals surface area contributed by atoms with Crippen LogP contribution in [-0.4, -0.2) is 34.8 Å². The van der Waals surface area contributed by atoms with Gasteiger partial charge < -0.3 is 10.2 Å². The van der Waals surface area contributed by atoms with Crippen LogP contribution in [-0.2, 0) is 17.8 Å². The van der Waals surface area contributed by atoms with Gasteiger partial charge in [0.2, 0.25) is 5.91 Å². The van der Waals surface area contributed by atoms with Crippen molar-refractivity contribution >= 4 is 29.3 Å². The van der Waals surface area contributed by atoms with E-state index < -0.39 is 6.04 Å². The van der Waals surface area contributed by atoms with Crippen molar-refractivity contribution in [3.8, 4) is 0 Å². The summed E-state index contributed by atoms with van der Waals surface area (Å²) in [5.41, 5.74) is 3.70. The first kappa shape index (κ1) is 18.5. The molecule has 26 heavy (non-hydrogen) atoms. The Morgan fingerprint density at radius 3 is 2.58 bits per heavy atom. The van der Waals surface area contributed by atoms with Gasteiger partial charge in [0.05, 0.1) is 0 Å². The van der Waals surface area contributed by atoms with Crippen LogP contribution in [0.5, 0.6) is 0 Å². The zero-order chi connectivity index (χ0) is 18.5. The van der Waals surface area contributed by atoms with Crippen molar-refractivity contribution in [2.75, 3.05) is 17.3 Å². The molecule has 1 heterocycles. The van der Waals surface area contributed by atoms with Gasteiger partial charge in [0.25, 0.3) is 5.91 Å². The number of benzene rings is 2. The SMILES string of the molecule is CCc1ccc(NC(=O)C(CCSC)N2Cc3ccccc3C2=O)cc1. The molecule has 2 aromatic rings. The number of anilines is 1. The highest BCUT2D eigenvalue weighted by molar-refractivity contribution is 7.98. The number of nitrogens with one attached hydrogen (secondary N) is 1. The van der Waals surface area contributed by atoms with Crippen LogP contribution in [0, 0.1) is 0 Å². The number of fused-ring (bicyclic) bond motifs is 1. The number of amides is 2. The molecule has 0 saturated heterocycles. The highest BCUT2D eigenvalue weighted by Crippen LogP contribution is 2.26. The second-order valence-corrected chi connectivity index (χ2v) is 7.41. The van der Waals surface area contributed by atoms with Gasteiger partial charge in [0, 0.05) is 17.8 Å². The lowest BCUT2D eigenvalue weighted by Crippen LogP contribution is -2.44. The van der Waals surface area contributed by atoms with Crippen LogP contribution in [0.1, 0.15) is 34.8 Å². The molecule has 0 aliphatic carbocycles. The first-order valence-electron chi connectivity index (χ1n) is 8.91. The smallest absolute Gasteiger partial charge is 0.255 e. The van der Waals surface area contributed by atoms with Crippen molar-refractivity contribution < 1.29 is 9.59 Å². The Morgan fingerprint density at radius 1 is 1.19 bits per heavy atom. The molecule has 2 amide bonds. The van der Waals surface area contributed by atoms with Crippen LogP contribution in [0.3, 0.4) is 0 Å². The molecule has 0 spiro atoms. The van der Waals surface area contributed by atoms with Gasteiger partial charge in [0.1, 0.15) is 6.04 Å². The molecular weight excluding hydrogens is 344 g/mol. The summed E-state index contributed by atoms with van der Waals surface area (Å²) in [5, 5.41) is 2.98. The average molecular weight is 369 g/mol. The van der Waals surface area contributed by atoms with Gasteiger partial charge in [-0.1, -0.05) is 37.3 Å². The normalized spacial score (nSPS) is 14.2. The quantitative estimate of drug-likeness (QED) is 0.805. The number of thioether (sulfide) groups is 1. The van der Waals surface area contributed by atoms with Gasteiger partial charge in [0.15, 0.2) is 0 Å². The Kier molecular flexibility index (Phi) is 5.99. The minimum Gasteiger partial charge on any atom is -0.324 e. The van der Waals surface area contributed by atoms with E-state index in [1.54, 1.807) is 16.7 Å². The molecule has 1 aliphatic heterocycles. The fraction of sp³-hybridized carbons (Fsp3) is 0.333. The van der Waals surface area contributed by atoms with E-state index in [1.165, 1.54) is 5.56 Å². The minimum absolute atomic E-state index is 0.0526. The standard InChI is InChI=1S/C21H24N2O2S/c1-3-15-8-10-17(11-9-15)22-20(24)19(12-13-26-2)23-14-16-6-4-5-7-18(16)21(23)25/h4-11,19H,3,12-14H2,1-2H3,(H,22,24). The van der Waals surface area contributed by atoms with Crippen LogP contribution in [0.25, 0.3) is 0 Å². The topological polar surface area (TPSA) is 49.4 Å². The Morgan fingerprint density at radius 2 is 1.92 bits per heavy atom. The Labute approximate surface area is 159 Å². The number of hydrogen-bond acceptors (Lipinski definition) is 3. The first-order chi connectivity index (χ1) is 12.6. The first-order valence-corrected chi connectivity index (χ1v) is 10.3. The van der Waals surface area contributed by atoms with Gasteiger partial charge in [-0.05, 0) is 54.2 Å². The Hall–Kier alpha value is -2.27. The van der Waals surface area contributed by atoms with E-state index >= 15 is 0 Å². The number of aryl methyl sites for hydroxylation is 1. The van der Waals surface area contributed by atoms with Crippen LogP contribution in [0.2, 0.25) is 0 Å². The molecule has 2 aromatic carbocycles. The number of nitrogens with zero attached hydrogens (tertiary/aromatic N) is 1. The van der Waals surface area contributed by atoms with E-state index in [1.807, 2.05) is 54.8 Å². The summed E-state index contributed by atoms with van der Waals surface area (Å²) in [6, 6.07) is 15.0. The molecule has 136 valence electrons. The third-order valence-electron chi connectivity index (χ3n) is 4.75. The molecule has 1 atom stereocenters. The number of hydrogen-bond donors (Lipinski definition) is 1. The fourth-order valence-electron chi connectivity index (χ4n) is 3.24. The van der Waals surface area contributed by atoms with Crippen LogP contribution >= 0.6 is 11.8 Å².